The summed E-state index contributed by atoms with van der Waals surface area (Å²) in [5.74, 6) is 1.06. The fourth-order valence-corrected chi connectivity index (χ4v) is 2.84. The Kier molecular flexibility index (Phi) is 20.8. The summed E-state index contributed by atoms with van der Waals surface area (Å²) < 4.78 is 0. The zero-order valence-electron chi connectivity index (χ0n) is 21.9. The van der Waals surface area contributed by atoms with Gasteiger partial charge in [-0.2, -0.15) is 0 Å². The highest BCUT2D eigenvalue weighted by molar-refractivity contribution is 5.35. The van der Waals surface area contributed by atoms with Crippen molar-refractivity contribution in [3.63, 3.8) is 0 Å². The van der Waals surface area contributed by atoms with E-state index in [2.05, 4.69) is 107 Å². The third-order valence-electron chi connectivity index (χ3n) is 4.63. The Morgan fingerprint density at radius 2 is 0.935 bits per heavy atom. The summed E-state index contributed by atoms with van der Waals surface area (Å²) >= 11 is 0. The molecule has 0 radical (unpaired) electrons. The van der Waals surface area contributed by atoms with Gasteiger partial charge in [0.25, 0.3) is 0 Å². The Hall–Kier alpha value is -2.34. The molecule has 3 aromatic rings. The van der Waals surface area contributed by atoms with Gasteiger partial charge in [-0.3, -0.25) is 0 Å². The van der Waals surface area contributed by atoms with Crippen LogP contribution in [0.1, 0.15) is 103 Å². The molecule has 0 spiro atoms. The van der Waals surface area contributed by atoms with Gasteiger partial charge in [0.1, 0.15) is 0 Å². The summed E-state index contributed by atoms with van der Waals surface area (Å²) in [6, 6.07) is 30.1. The molecular formula is C31H48. The molecule has 0 saturated carbocycles. The second-order valence-corrected chi connectivity index (χ2v) is 6.80. The molecule has 0 saturated heterocycles. The molecule has 0 aliphatic carbocycles. The number of benzene rings is 3. The predicted molar refractivity (Wildman–Crippen MR) is 144 cm³/mol. The molecule has 1 atom stereocenters. The highest BCUT2D eigenvalue weighted by Gasteiger charge is 2.09. The zero-order chi connectivity index (χ0) is 24.1. The molecule has 0 unspecified atom stereocenters. The molecule has 0 aliphatic rings. The van der Waals surface area contributed by atoms with Crippen LogP contribution >= 0.6 is 0 Å². The lowest BCUT2D eigenvalue weighted by molar-refractivity contribution is 0.851. The average Bonchev–Trinajstić information content (AvgIpc) is 2.88. The molecule has 0 N–H and O–H groups in total. The fourth-order valence-electron chi connectivity index (χ4n) is 2.84. The molecule has 0 heteroatoms. The maximum atomic E-state index is 2.34. The summed E-state index contributed by atoms with van der Waals surface area (Å²) in [4.78, 5) is 0. The first-order valence-electron chi connectivity index (χ1n) is 12.3. The van der Waals surface area contributed by atoms with Gasteiger partial charge in [-0.15, -0.1) is 0 Å². The van der Waals surface area contributed by atoms with Crippen LogP contribution in [0.15, 0.2) is 84.9 Å². The van der Waals surface area contributed by atoms with Gasteiger partial charge in [0.2, 0.25) is 0 Å². The van der Waals surface area contributed by atoms with Crippen LogP contribution in [0.4, 0.5) is 0 Å². The molecule has 31 heavy (non-hydrogen) atoms. The number of rotatable bonds is 4. The number of hydrogen-bond acceptors (Lipinski definition) is 0. The largest absolute Gasteiger partial charge is 0.0683 e. The van der Waals surface area contributed by atoms with Crippen molar-refractivity contribution in [2.24, 2.45) is 0 Å². The van der Waals surface area contributed by atoms with Gasteiger partial charge >= 0.3 is 0 Å². The van der Waals surface area contributed by atoms with E-state index < -0.39 is 0 Å². The molecule has 0 aliphatic heterocycles. The average molecular weight is 421 g/mol. The van der Waals surface area contributed by atoms with Crippen LogP contribution in [0.25, 0.3) is 0 Å². The molecule has 0 aromatic heterocycles. The van der Waals surface area contributed by atoms with E-state index in [0.717, 1.165) is 6.42 Å². The van der Waals surface area contributed by atoms with Gasteiger partial charge in [0.05, 0.1) is 0 Å². The van der Waals surface area contributed by atoms with Crippen LogP contribution in [0, 0.1) is 0 Å². The van der Waals surface area contributed by atoms with Crippen molar-refractivity contribution >= 4 is 0 Å². The SMILES string of the molecule is CC.CC.CC.CC(C)c1cccc([C@H](C)c2ccccc2)c1.CCc1ccccc1. The summed E-state index contributed by atoms with van der Waals surface area (Å²) in [7, 11) is 0. The van der Waals surface area contributed by atoms with Crippen molar-refractivity contribution in [2.45, 2.75) is 87.5 Å². The quantitative estimate of drug-likeness (QED) is 0.393. The molecule has 3 rings (SSSR count). The Morgan fingerprint density at radius 1 is 0.516 bits per heavy atom. The van der Waals surface area contributed by atoms with Crippen molar-refractivity contribution in [3.05, 3.63) is 107 Å². The minimum absolute atomic E-state index is 0.467. The predicted octanol–water partition coefficient (Wildman–Crippen LogP) is 10.3. The number of aryl methyl sites for hydroxylation is 1. The van der Waals surface area contributed by atoms with Crippen molar-refractivity contribution in [1.82, 2.24) is 0 Å². The van der Waals surface area contributed by atoms with E-state index in [4.69, 9.17) is 0 Å². The van der Waals surface area contributed by atoms with Crippen LogP contribution < -0.4 is 0 Å². The zero-order valence-corrected chi connectivity index (χ0v) is 21.9. The summed E-state index contributed by atoms with van der Waals surface area (Å²) in [6.07, 6.45) is 1.14. The first-order valence-corrected chi connectivity index (χ1v) is 12.3. The lowest BCUT2D eigenvalue weighted by Gasteiger charge is -2.15. The van der Waals surface area contributed by atoms with Crippen LogP contribution in [-0.2, 0) is 6.42 Å². The minimum atomic E-state index is 0.467. The van der Waals surface area contributed by atoms with Crippen molar-refractivity contribution in [1.29, 1.82) is 0 Å². The smallest absolute Gasteiger partial charge is 0.00611 e. The maximum Gasteiger partial charge on any atom is 0.00611 e. The maximum absolute atomic E-state index is 2.34. The van der Waals surface area contributed by atoms with E-state index in [1.807, 2.05) is 47.6 Å². The fraction of sp³-hybridized carbons (Fsp3) is 0.419. The molecule has 3 aromatic carbocycles. The van der Waals surface area contributed by atoms with Gasteiger partial charge in [-0.25, -0.2) is 0 Å². The van der Waals surface area contributed by atoms with E-state index in [0.29, 0.717) is 11.8 Å². The summed E-state index contributed by atoms with van der Waals surface area (Å²) in [5, 5.41) is 0. The van der Waals surface area contributed by atoms with Crippen LogP contribution in [0.5, 0.6) is 0 Å². The van der Waals surface area contributed by atoms with Gasteiger partial charge in [-0.05, 0) is 34.6 Å². The summed E-state index contributed by atoms with van der Waals surface area (Å²) in [6.45, 7) is 20.9. The monoisotopic (exact) mass is 420 g/mol. The normalized spacial score (nSPS) is 9.90. The van der Waals surface area contributed by atoms with Gasteiger partial charge in [0, 0.05) is 5.92 Å². The third kappa shape index (κ3) is 12.8. The van der Waals surface area contributed by atoms with Crippen LogP contribution in [0.2, 0.25) is 0 Å². The van der Waals surface area contributed by atoms with Crippen LogP contribution in [-0.4, -0.2) is 0 Å². The Labute approximate surface area is 194 Å². The molecule has 172 valence electrons. The van der Waals surface area contributed by atoms with Gasteiger partial charge < -0.3 is 0 Å². The van der Waals surface area contributed by atoms with Crippen molar-refractivity contribution in [2.75, 3.05) is 0 Å². The van der Waals surface area contributed by atoms with Crippen molar-refractivity contribution in [3.8, 4) is 0 Å². The molecule has 0 bridgehead atoms. The Morgan fingerprint density at radius 3 is 1.35 bits per heavy atom. The Balaban J connectivity index is 0. The van der Waals surface area contributed by atoms with E-state index in [1.165, 1.54) is 22.3 Å². The second-order valence-electron chi connectivity index (χ2n) is 6.80. The highest BCUT2D eigenvalue weighted by Crippen LogP contribution is 2.26. The first kappa shape index (κ1) is 30.9. The standard InChI is InChI=1S/C17H20.C8H10.3C2H6/c1-13(2)16-10-7-11-17(12-16)14(3)15-8-5-4-6-9-15;1-2-8-6-4-3-5-7-8;3*1-2/h4-14H,1-3H3;3-7H,2H2,1H3;3*1-2H3/t14-;;;;/m1..../s1. The minimum Gasteiger partial charge on any atom is -0.0683 e. The lowest BCUT2D eigenvalue weighted by Crippen LogP contribution is -1.97. The lowest BCUT2D eigenvalue weighted by atomic mass is 9.90. The molecule has 0 amide bonds. The van der Waals surface area contributed by atoms with Gasteiger partial charge in [-0.1, -0.05) is 154 Å². The number of hydrogen-bond donors (Lipinski definition) is 0. The second kappa shape index (κ2) is 20.9. The first-order chi connectivity index (χ1) is 15.1. The van der Waals surface area contributed by atoms with E-state index in [1.54, 1.807) is 0 Å². The molecule has 0 nitrogen and oxygen atoms in total. The van der Waals surface area contributed by atoms with E-state index in [9.17, 15) is 0 Å². The third-order valence-corrected chi connectivity index (χ3v) is 4.63. The molecular weight excluding hydrogens is 372 g/mol. The van der Waals surface area contributed by atoms with Crippen LogP contribution in [0.3, 0.4) is 0 Å². The Bertz CT molecular complexity index is 726. The van der Waals surface area contributed by atoms with E-state index >= 15 is 0 Å². The summed E-state index contributed by atoms with van der Waals surface area (Å²) in [5.41, 5.74) is 5.62. The van der Waals surface area contributed by atoms with E-state index in [-0.39, 0.29) is 0 Å². The molecule has 0 fully saturated rings. The van der Waals surface area contributed by atoms with Crippen molar-refractivity contribution < 1.29 is 0 Å². The highest BCUT2D eigenvalue weighted by atomic mass is 14.1. The topological polar surface area (TPSA) is 0 Å². The van der Waals surface area contributed by atoms with Gasteiger partial charge in [0.15, 0.2) is 0 Å². The molecule has 0 heterocycles.